The number of hydrogen-bond acceptors (Lipinski definition) is 7. The van der Waals surface area contributed by atoms with Crippen LogP contribution in [0.2, 0.25) is 0 Å². The van der Waals surface area contributed by atoms with E-state index >= 15 is 0 Å². The molecule has 2 aromatic carbocycles. The van der Waals surface area contributed by atoms with Crippen molar-refractivity contribution in [3.63, 3.8) is 0 Å². The summed E-state index contributed by atoms with van der Waals surface area (Å²) in [5, 5.41) is 7.38. The third-order valence-corrected chi connectivity index (χ3v) is 5.94. The lowest BCUT2D eigenvalue weighted by atomic mass is 10.1. The van der Waals surface area contributed by atoms with E-state index in [1.54, 1.807) is 33.1 Å². The Morgan fingerprint density at radius 3 is 2.38 bits per heavy atom. The van der Waals surface area contributed by atoms with Gasteiger partial charge in [0.05, 0.1) is 32.7 Å². The molecular weight excluding hydrogens is 386 g/mol. The summed E-state index contributed by atoms with van der Waals surface area (Å²) in [6.45, 7) is 6.49. The van der Waals surface area contributed by atoms with Gasteiger partial charge in [0.1, 0.15) is 11.6 Å². The van der Waals surface area contributed by atoms with Crippen LogP contribution in [0.3, 0.4) is 0 Å². The molecule has 0 aromatic heterocycles. The van der Waals surface area contributed by atoms with Crippen molar-refractivity contribution in [3.05, 3.63) is 47.8 Å². The standard InChI is InChI=1S/C22H27N3O3S/c1-22(2,3)24-20-19(13-7-10-16(27-5)17(11-13)28-6)23-21-25(20)15-9-8-14(26-4)12-18(15)29-21/h7-12,21,23-24H,1-6H3. The first-order valence-electron chi connectivity index (χ1n) is 9.50. The molecule has 0 saturated carbocycles. The van der Waals surface area contributed by atoms with Gasteiger partial charge in [0.15, 0.2) is 17.0 Å². The van der Waals surface area contributed by atoms with E-state index in [0.717, 1.165) is 28.5 Å². The third kappa shape index (κ3) is 3.55. The molecule has 0 amide bonds. The summed E-state index contributed by atoms with van der Waals surface area (Å²) in [5.74, 6) is 3.34. The Morgan fingerprint density at radius 1 is 0.966 bits per heavy atom. The van der Waals surface area contributed by atoms with E-state index in [-0.39, 0.29) is 11.0 Å². The van der Waals surface area contributed by atoms with E-state index in [1.165, 1.54) is 4.90 Å². The van der Waals surface area contributed by atoms with Crippen molar-refractivity contribution in [1.82, 2.24) is 10.6 Å². The van der Waals surface area contributed by atoms with Crippen molar-refractivity contribution in [3.8, 4) is 17.2 Å². The Balaban J connectivity index is 1.81. The number of ether oxygens (including phenoxy) is 3. The van der Waals surface area contributed by atoms with Crippen molar-refractivity contribution in [2.45, 2.75) is 36.7 Å². The van der Waals surface area contributed by atoms with Crippen molar-refractivity contribution >= 4 is 23.1 Å². The number of rotatable bonds is 5. The molecule has 0 aliphatic carbocycles. The van der Waals surface area contributed by atoms with Crippen LogP contribution in [0.1, 0.15) is 26.3 Å². The minimum Gasteiger partial charge on any atom is -0.497 e. The maximum atomic E-state index is 5.52. The van der Waals surface area contributed by atoms with Crippen LogP contribution >= 0.6 is 11.8 Å². The van der Waals surface area contributed by atoms with Gasteiger partial charge in [0.2, 0.25) is 0 Å². The maximum Gasteiger partial charge on any atom is 0.161 e. The lowest BCUT2D eigenvalue weighted by Crippen LogP contribution is -2.42. The van der Waals surface area contributed by atoms with Gasteiger partial charge in [-0.15, -0.1) is 0 Å². The molecular formula is C22H27N3O3S. The molecule has 0 bridgehead atoms. The molecule has 7 heteroatoms. The summed E-state index contributed by atoms with van der Waals surface area (Å²) >= 11 is 1.78. The minimum atomic E-state index is -0.104. The highest BCUT2D eigenvalue weighted by Gasteiger charge is 2.41. The summed E-state index contributed by atoms with van der Waals surface area (Å²) < 4.78 is 16.3. The van der Waals surface area contributed by atoms with E-state index in [1.807, 2.05) is 18.2 Å². The van der Waals surface area contributed by atoms with Gasteiger partial charge in [-0.25, -0.2) is 0 Å². The monoisotopic (exact) mass is 413 g/mol. The van der Waals surface area contributed by atoms with Gasteiger partial charge in [-0.1, -0.05) is 11.8 Å². The zero-order chi connectivity index (χ0) is 20.8. The predicted molar refractivity (Wildman–Crippen MR) is 118 cm³/mol. The van der Waals surface area contributed by atoms with Gasteiger partial charge < -0.3 is 24.8 Å². The molecule has 2 aromatic rings. The summed E-state index contributed by atoms with van der Waals surface area (Å²) in [5.41, 5.74) is 3.22. The number of nitrogens with one attached hydrogen (secondary N) is 2. The Bertz CT molecular complexity index is 968. The Labute approximate surface area is 176 Å². The second-order valence-electron chi connectivity index (χ2n) is 7.99. The lowest BCUT2D eigenvalue weighted by molar-refractivity contribution is 0.355. The number of nitrogens with zero attached hydrogens (tertiary/aromatic N) is 1. The summed E-state index contributed by atoms with van der Waals surface area (Å²) in [6, 6.07) is 12.2. The van der Waals surface area contributed by atoms with Crippen LogP contribution in [0.5, 0.6) is 17.2 Å². The Morgan fingerprint density at radius 2 is 1.72 bits per heavy atom. The second-order valence-corrected chi connectivity index (χ2v) is 9.11. The zero-order valence-electron chi connectivity index (χ0n) is 17.6. The molecule has 1 atom stereocenters. The summed E-state index contributed by atoms with van der Waals surface area (Å²) in [4.78, 5) is 3.51. The summed E-state index contributed by atoms with van der Waals surface area (Å²) in [7, 11) is 5.00. The van der Waals surface area contributed by atoms with Crippen LogP contribution in [-0.4, -0.2) is 32.4 Å². The van der Waals surface area contributed by atoms with E-state index in [4.69, 9.17) is 14.2 Å². The second kappa shape index (κ2) is 7.30. The van der Waals surface area contributed by atoms with Crippen LogP contribution in [0, 0.1) is 0 Å². The molecule has 4 rings (SSSR count). The number of benzene rings is 2. The minimum absolute atomic E-state index is 0.0741. The van der Waals surface area contributed by atoms with Gasteiger partial charge in [0.25, 0.3) is 0 Å². The quantitative estimate of drug-likeness (QED) is 0.761. The molecule has 0 spiro atoms. The first-order chi connectivity index (χ1) is 13.8. The Kier molecular flexibility index (Phi) is 4.94. The molecule has 2 N–H and O–H groups in total. The number of thioether (sulfide) groups is 1. The fraction of sp³-hybridized carbons (Fsp3) is 0.364. The first kappa shape index (κ1) is 19.6. The molecule has 29 heavy (non-hydrogen) atoms. The third-order valence-electron chi connectivity index (χ3n) is 4.81. The molecule has 154 valence electrons. The van der Waals surface area contributed by atoms with Gasteiger partial charge in [-0.3, -0.25) is 4.90 Å². The van der Waals surface area contributed by atoms with Gasteiger partial charge in [0, 0.05) is 16.0 Å². The van der Waals surface area contributed by atoms with Gasteiger partial charge >= 0.3 is 0 Å². The molecule has 1 unspecified atom stereocenters. The highest BCUT2D eigenvalue weighted by molar-refractivity contribution is 8.00. The Hall–Kier alpha value is -2.67. The number of hydrogen-bond donors (Lipinski definition) is 2. The topological polar surface area (TPSA) is 55.0 Å². The van der Waals surface area contributed by atoms with Gasteiger partial charge in [-0.2, -0.15) is 0 Å². The fourth-order valence-electron chi connectivity index (χ4n) is 3.55. The molecule has 2 aliphatic heterocycles. The molecule has 0 radical (unpaired) electrons. The smallest absolute Gasteiger partial charge is 0.161 e. The van der Waals surface area contributed by atoms with Crippen LogP contribution in [0.4, 0.5) is 5.69 Å². The predicted octanol–water partition coefficient (Wildman–Crippen LogP) is 4.23. The average molecular weight is 414 g/mol. The van der Waals surface area contributed by atoms with Crippen LogP contribution in [-0.2, 0) is 0 Å². The molecule has 0 fully saturated rings. The summed E-state index contributed by atoms with van der Waals surface area (Å²) in [6.07, 6.45) is 0. The molecule has 6 nitrogen and oxygen atoms in total. The lowest BCUT2D eigenvalue weighted by Gasteiger charge is -2.29. The largest absolute Gasteiger partial charge is 0.497 e. The number of methoxy groups -OCH3 is 3. The van der Waals surface area contributed by atoms with Crippen molar-refractivity contribution in [2.24, 2.45) is 0 Å². The number of anilines is 1. The number of fused-ring (bicyclic) bond motifs is 3. The SMILES string of the molecule is COc1ccc2c(c1)SC1NC(c3ccc(OC)c(OC)c3)=C(NC(C)(C)C)N21. The van der Waals surface area contributed by atoms with Crippen LogP contribution in [0.15, 0.2) is 47.1 Å². The average Bonchev–Trinajstić information content (AvgIpc) is 3.22. The van der Waals surface area contributed by atoms with E-state index in [2.05, 4.69) is 54.5 Å². The molecule has 2 aliphatic rings. The zero-order valence-corrected chi connectivity index (χ0v) is 18.4. The van der Waals surface area contributed by atoms with Crippen molar-refractivity contribution < 1.29 is 14.2 Å². The van der Waals surface area contributed by atoms with Crippen molar-refractivity contribution in [1.29, 1.82) is 0 Å². The van der Waals surface area contributed by atoms with E-state index in [0.29, 0.717) is 11.5 Å². The van der Waals surface area contributed by atoms with Gasteiger partial charge in [-0.05, 0) is 57.2 Å². The van der Waals surface area contributed by atoms with Crippen LogP contribution < -0.4 is 29.7 Å². The van der Waals surface area contributed by atoms with E-state index in [9.17, 15) is 0 Å². The highest BCUT2D eigenvalue weighted by atomic mass is 32.2. The highest BCUT2D eigenvalue weighted by Crippen LogP contribution is 2.50. The normalized spacial score (nSPS) is 17.6. The fourth-order valence-corrected chi connectivity index (χ4v) is 4.76. The van der Waals surface area contributed by atoms with E-state index < -0.39 is 0 Å². The van der Waals surface area contributed by atoms with Crippen LogP contribution in [0.25, 0.3) is 5.70 Å². The molecule has 0 saturated heterocycles. The maximum absolute atomic E-state index is 5.52. The molecule has 2 heterocycles. The van der Waals surface area contributed by atoms with Crippen molar-refractivity contribution in [2.75, 3.05) is 26.2 Å². The first-order valence-corrected chi connectivity index (χ1v) is 10.4.